The molecule has 3 aromatic rings. The van der Waals surface area contributed by atoms with Crippen molar-refractivity contribution in [2.24, 2.45) is 0 Å². The van der Waals surface area contributed by atoms with Crippen LogP contribution in [0.25, 0.3) is 16.7 Å². The standard InChI is InChI=1S/C24H21ClN2O2S/c1-14-11-17(12-18(13-26)16-7-9-19(25)10-8-16)15(2)27(14)23-22(24(28)29)20-5-3-4-6-21(20)30-23/h7-12H,3-6H2,1-2H3,(H,28,29). The summed E-state index contributed by atoms with van der Waals surface area (Å²) in [7, 11) is 0. The van der Waals surface area contributed by atoms with Gasteiger partial charge >= 0.3 is 5.97 Å². The number of hydrogen-bond acceptors (Lipinski definition) is 3. The van der Waals surface area contributed by atoms with Gasteiger partial charge in [-0.15, -0.1) is 11.3 Å². The molecule has 1 N–H and O–H groups in total. The number of carbonyl (C=O) groups is 1. The minimum absolute atomic E-state index is 0.435. The monoisotopic (exact) mass is 436 g/mol. The number of allylic oxidation sites excluding steroid dienone is 1. The number of hydrogen-bond donors (Lipinski definition) is 1. The fourth-order valence-electron chi connectivity index (χ4n) is 4.14. The summed E-state index contributed by atoms with van der Waals surface area (Å²) in [5, 5.41) is 21.0. The summed E-state index contributed by atoms with van der Waals surface area (Å²) in [5.74, 6) is -0.868. The lowest BCUT2D eigenvalue weighted by Gasteiger charge is -2.11. The van der Waals surface area contributed by atoms with E-state index in [4.69, 9.17) is 11.6 Å². The molecule has 1 aliphatic rings. The second-order valence-corrected chi connectivity index (χ2v) is 9.05. The van der Waals surface area contributed by atoms with Crippen LogP contribution < -0.4 is 0 Å². The van der Waals surface area contributed by atoms with Crippen LogP contribution in [-0.4, -0.2) is 15.6 Å². The van der Waals surface area contributed by atoms with E-state index in [-0.39, 0.29) is 0 Å². The van der Waals surface area contributed by atoms with Gasteiger partial charge in [0, 0.05) is 21.3 Å². The molecule has 4 rings (SSSR count). The lowest BCUT2D eigenvalue weighted by atomic mass is 9.95. The van der Waals surface area contributed by atoms with E-state index in [9.17, 15) is 15.2 Å². The summed E-state index contributed by atoms with van der Waals surface area (Å²) in [6, 6.07) is 11.5. The van der Waals surface area contributed by atoms with E-state index >= 15 is 0 Å². The van der Waals surface area contributed by atoms with E-state index in [0.717, 1.165) is 58.8 Å². The minimum atomic E-state index is -0.868. The molecular weight excluding hydrogens is 416 g/mol. The third-order valence-electron chi connectivity index (χ3n) is 5.62. The van der Waals surface area contributed by atoms with Crippen molar-refractivity contribution >= 4 is 40.6 Å². The van der Waals surface area contributed by atoms with Crippen LogP contribution >= 0.6 is 22.9 Å². The van der Waals surface area contributed by atoms with Gasteiger partial charge in [0.15, 0.2) is 0 Å². The van der Waals surface area contributed by atoms with Crippen molar-refractivity contribution in [3.63, 3.8) is 0 Å². The highest BCUT2D eigenvalue weighted by molar-refractivity contribution is 7.15. The highest BCUT2D eigenvalue weighted by Crippen LogP contribution is 2.39. The van der Waals surface area contributed by atoms with Gasteiger partial charge in [0.25, 0.3) is 0 Å². The molecule has 1 aliphatic carbocycles. The third kappa shape index (κ3) is 3.58. The Hall–Kier alpha value is -2.81. The highest BCUT2D eigenvalue weighted by atomic mass is 35.5. The summed E-state index contributed by atoms with van der Waals surface area (Å²) in [6.45, 7) is 3.95. The zero-order valence-electron chi connectivity index (χ0n) is 16.8. The van der Waals surface area contributed by atoms with Crippen molar-refractivity contribution in [1.29, 1.82) is 5.26 Å². The summed E-state index contributed by atoms with van der Waals surface area (Å²) < 4.78 is 2.02. The molecule has 0 radical (unpaired) electrons. The lowest BCUT2D eigenvalue weighted by molar-refractivity contribution is 0.0696. The molecule has 0 spiro atoms. The molecule has 2 heterocycles. The van der Waals surface area contributed by atoms with Gasteiger partial charge in [0.2, 0.25) is 0 Å². The van der Waals surface area contributed by atoms with E-state index in [0.29, 0.717) is 16.2 Å². The maximum atomic E-state index is 12.1. The molecule has 0 atom stereocenters. The summed E-state index contributed by atoms with van der Waals surface area (Å²) in [5.41, 5.74) is 5.55. The third-order valence-corrected chi connectivity index (χ3v) is 7.14. The molecule has 0 aliphatic heterocycles. The smallest absolute Gasteiger partial charge is 0.339 e. The summed E-state index contributed by atoms with van der Waals surface area (Å²) in [4.78, 5) is 13.3. The fourth-order valence-corrected chi connectivity index (χ4v) is 5.76. The Kier molecular flexibility index (Phi) is 5.55. The summed E-state index contributed by atoms with van der Waals surface area (Å²) >= 11 is 7.56. The van der Waals surface area contributed by atoms with Gasteiger partial charge < -0.3 is 9.67 Å². The van der Waals surface area contributed by atoms with Crippen LogP contribution in [0.1, 0.15) is 56.2 Å². The Morgan fingerprint density at radius 2 is 1.93 bits per heavy atom. The second kappa shape index (κ2) is 8.14. The summed E-state index contributed by atoms with van der Waals surface area (Å²) in [6.07, 6.45) is 5.77. The molecule has 0 bridgehead atoms. The van der Waals surface area contributed by atoms with Gasteiger partial charge in [-0.25, -0.2) is 4.79 Å². The molecule has 2 aromatic heterocycles. The van der Waals surface area contributed by atoms with E-state index in [2.05, 4.69) is 6.07 Å². The van der Waals surface area contributed by atoms with Crippen LogP contribution in [0.5, 0.6) is 0 Å². The average Bonchev–Trinajstić information content (AvgIpc) is 3.23. The zero-order valence-corrected chi connectivity index (χ0v) is 18.4. The number of rotatable bonds is 4. The van der Waals surface area contributed by atoms with Crippen molar-refractivity contribution in [2.75, 3.05) is 0 Å². The Balaban J connectivity index is 1.84. The van der Waals surface area contributed by atoms with E-state index in [1.54, 1.807) is 23.5 Å². The highest BCUT2D eigenvalue weighted by Gasteiger charge is 2.27. The fraction of sp³-hybridized carbons (Fsp3) is 0.250. The van der Waals surface area contributed by atoms with Crippen LogP contribution in [0.3, 0.4) is 0 Å². The maximum Gasteiger partial charge on any atom is 0.339 e. The van der Waals surface area contributed by atoms with Crippen LogP contribution in [0.2, 0.25) is 5.02 Å². The SMILES string of the molecule is Cc1cc(C=C(C#N)c2ccc(Cl)cc2)c(C)n1-c1sc2c(c1C(=O)O)CCCC2. The molecule has 0 unspecified atom stereocenters. The molecular formula is C24H21ClN2O2S. The number of nitrogens with zero attached hydrogens (tertiary/aromatic N) is 2. The number of carboxylic acid groups (broad SMARTS) is 1. The first-order chi connectivity index (χ1) is 14.4. The molecule has 0 amide bonds. The molecule has 1 aromatic carbocycles. The quantitative estimate of drug-likeness (QED) is 0.478. The van der Waals surface area contributed by atoms with Crippen molar-refractivity contribution in [3.05, 3.63) is 73.9 Å². The van der Waals surface area contributed by atoms with E-state index in [1.165, 1.54) is 4.88 Å². The van der Waals surface area contributed by atoms with Crippen LogP contribution in [0.15, 0.2) is 30.3 Å². The minimum Gasteiger partial charge on any atom is -0.478 e. The first kappa shape index (κ1) is 20.5. The number of fused-ring (bicyclic) bond motifs is 1. The molecule has 0 saturated carbocycles. The Morgan fingerprint density at radius 1 is 1.23 bits per heavy atom. The predicted molar refractivity (Wildman–Crippen MR) is 122 cm³/mol. The van der Waals surface area contributed by atoms with Crippen molar-refractivity contribution < 1.29 is 9.90 Å². The number of halogens is 1. The first-order valence-electron chi connectivity index (χ1n) is 9.85. The molecule has 0 saturated heterocycles. The van der Waals surface area contributed by atoms with Crippen LogP contribution in [0, 0.1) is 25.2 Å². The van der Waals surface area contributed by atoms with Crippen molar-refractivity contribution in [3.8, 4) is 11.1 Å². The van der Waals surface area contributed by atoms with Crippen molar-refractivity contribution in [1.82, 2.24) is 4.57 Å². The van der Waals surface area contributed by atoms with Gasteiger partial charge in [0.05, 0.1) is 17.2 Å². The number of carboxylic acids is 1. The Labute approximate surface area is 184 Å². The van der Waals surface area contributed by atoms with Crippen LogP contribution in [0.4, 0.5) is 0 Å². The van der Waals surface area contributed by atoms with Gasteiger partial charge in [-0.2, -0.15) is 5.26 Å². The second-order valence-electron chi connectivity index (χ2n) is 7.53. The van der Waals surface area contributed by atoms with Gasteiger partial charge in [-0.1, -0.05) is 23.7 Å². The number of aromatic carboxylic acids is 1. The molecule has 4 nitrogen and oxygen atoms in total. The normalized spacial score (nSPS) is 13.7. The molecule has 152 valence electrons. The Morgan fingerprint density at radius 3 is 2.60 bits per heavy atom. The number of benzene rings is 1. The number of aryl methyl sites for hydroxylation is 2. The number of aromatic nitrogens is 1. The lowest BCUT2D eigenvalue weighted by Crippen LogP contribution is -2.09. The molecule has 6 heteroatoms. The van der Waals surface area contributed by atoms with Gasteiger partial charge in [-0.05, 0) is 80.5 Å². The Bertz CT molecular complexity index is 1210. The zero-order chi connectivity index (χ0) is 21.4. The number of nitriles is 1. The largest absolute Gasteiger partial charge is 0.478 e. The topological polar surface area (TPSA) is 66.0 Å². The van der Waals surface area contributed by atoms with Gasteiger partial charge in [0.1, 0.15) is 5.00 Å². The van der Waals surface area contributed by atoms with Gasteiger partial charge in [-0.3, -0.25) is 0 Å². The van der Waals surface area contributed by atoms with Crippen molar-refractivity contribution in [2.45, 2.75) is 39.5 Å². The average molecular weight is 437 g/mol. The molecule has 30 heavy (non-hydrogen) atoms. The maximum absolute atomic E-state index is 12.1. The number of thiophene rings is 1. The van der Waals surface area contributed by atoms with E-state index < -0.39 is 5.97 Å². The first-order valence-corrected chi connectivity index (χ1v) is 11.0. The molecule has 0 fully saturated rings. The predicted octanol–water partition coefficient (Wildman–Crippen LogP) is 6.45. The van der Waals surface area contributed by atoms with Crippen LogP contribution in [-0.2, 0) is 12.8 Å². The van der Waals surface area contributed by atoms with E-state index in [1.807, 2.05) is 42.7 Å².